The first-order chi connectivity index (χ1) is 7.63. The normalized spacial score (nSPS) is 10.1. The number of thioether (sulfide) groups is 1. The van der Waals surface area contributed by atoms with Crippen LogP contribution < -0.4 is 11.1 Å². The Morgan fingerprint density at radius 3 is 2.88 bits per heavy atom. The van der Waals surface area contributed by atoms with Gasteiger partial charge in [-0.25, -0.2) is 4.39 Å². The van der Waals surface area contributed by atoms with Gasteiger partial charge in [0.15, 0.2) is 0 Å². The lowest BCUT2D eigenvalue weighted by Crippen LogP contribution is -2.25. The number of amides is 1. The summed E-state index contributed by atoms with van der Waals surface area (Å²) in [5.74, 6) is 0.215. The maximum absolute atomic E-state index is 13.0. The predicted octanol–water partition coefficient (Wildman–Crippen LogP) is 1.89. The van der Waals surface area contributed by atoms with E-state index in [2.05, 4.69) is 5.32 Å². The molecule has 0 fully saturated rings. The fourth-order valence-corrected chi connectivity index (χ4v) is 1.70. The van der Waals surface area contributed by atoms with Crippen molar-refractivity contribution in [2.75, 3.05) is 24.3 Å². The fourth-order valence-electron chi connectivity index (χ4n) is 1.26. The van der Waals surface area contributed by atoms with Crippen LogP contribution >= 0.6 is 11.8 Å². The van der Waals surface area contributed by atoms with Crippen molar-refractivity contribution in [2.45, 2.75) is 6.42 Å². The number of nitrogens with one attached hydrogen (secondary N) is 1. The molecule has 5 heteroatoms. The minimum absolute atomic E-state index is 0.259. The molecular weight excluding hydrogens is 227 g/mol. The highest BCUT2D eigenvalue weighted by molar-refractivity contribution is 7.98. The lowest BCUT2D eigenvalue weighted by molar-refractivity contribution is 0.0953. The molecule has 0 unspecified atom stereocenters. The monoisotopic (exact) mass is 242 g/mol. The average Bonchev–Trinajstić information content (AvgIpc) is 2.22. The second-order valence-corrected chi connectivity index (χ2v) is 4.36. The van der Waals surface area contributed by atoms with Gasteiger partial charge in [-0.05, 0) is 36.6 Å². The Labute approximate surface area is 98.6 Å². The highest BCUT2D eigenvalue weighted by Crippen LogP contribution is 2.10. The Bertz CT molecular complexity index is 351. The van der Waals surface area contributed by atoms with E-state index in [1.807, 2.05) is 6.26 Å². The van der Waals surface area contributed by atoms with Gasteiger partial charge >= 0.3 is 0 Å². The molecule has 0 heterocycles. The maximum Gasteiger partial charge on any atom is 0.251 e. The summed E-state index contributed by atoms with van der Waals surface area (Å²) in [5, 5.41) is 2.71. The number of hydrogen-bond acceptors (Lipinski definition) is 3. The molecule has 0 aromatic heterocycles. The minimum atomic E-state index is -0.491. The summed E-state index contributed by atoms with van der Waals surface area (Å²) < 4.78 is 13.0. The van der Waals surface area contributed by atoms with Gasteiger partial charge in [-0.2, -0.15) is 11.8 Å². The molecule has 0 spiro atoms. The predicted molar refractivity (Wildman–Crippen MR) is 66.1 cm³/mol. The molecule has 0 aliphatic heterocycles. The van der Waals surface area contributed by atoms with E-state index < -0.39 is 5.82 Å². The van der Waals surface area contributed by atoms with E-state index in [1.165, 1.54) is 18.2 Å². The first-order valence-corrected chi connectivity index (χ1v) is 6.36. The molecule has 1 aromatic carbocycles. The van der Waals surface area contributed by atoms with Crippen LogP contribution in [0.25, 0.3) is 0 Å². The van der Waals surface area contributed by atoms with Gasteiger partial charge in [0.05, 0.1) is 0 Å². The standard InChI is InChI=1S/C11H15FN2OS/c1-16-4-2-3-14-11(15)8-5-9(12)7-10(13)6-8/h5-7H,2-4,13H2,1H3,(H,14,15). The summed E-state index contributed by atoms with van der Waals surface area (Å²) in [7, 11) is 0. The quantitative estimate of drug-likeness (QED) is 0.612. The SMILES string of the molecule is CSCCCNC(=O)c1cc(N)cc(F)c1. The molecule has 0 radical (unpaired) electrons. The van der Waals surface area contributed by atoms with E-state index in [-0.39, 0.29) is 17.2 Å². The molecule has 1 amide bonds. The summed E-state index contributed by atoms with van der Waals surface area (Å²) in [6, 6.07) is 3.83. The van der Waals surface area contributed by atoms with E-state index in [0.29, 0.717) is 6.54 Å². The summed E-state index contributed by atoms with van der Waals surface area (Å²) in [4.78, 5) is 11.6. The molecule has 3 nitrogen and oxygen atoms in total. The summed E-state index contributed by atoms with van der Waals surface area (Å²) in [5.41, 5.74) is 5.97. The first kappa shape index (κ1) is 12.8. The zero-order chi connectivity index (χ0) is 12.0. The Kier molecular flexibility index (Phi) is 5.11. The van der Waals surface area contributed by atoms with Crippen molar-refractivity contribution < 1.29 is 9.18 Å². The largest absolute Gasteiger partial charge is 0.399 e. The molecule has 3 N–H and O–H groups in total. The van der Waals surface area contributed by atoms with E-state index in [1.54, 1.807) is 11.8 Å². The Hall–Kier alpha value is -1.23. The minimum Gasteiger partial charge on any atom is -0.399 e. The Balaban J connectivity index is 2.52. The van der Waals surface area contributed by atoms with E-state index >= 15 is 0 Å². The highest BCUT2D eigenvalue weighted by atomic mass is 32.2. The topological polar surface area (TPSA) is 55.1 Å². The van der Waals surface area contributed by atoms with Crippen LogP contribution in [0.2, 0.25) is 0 Å². The number of halogens is 1. The van der Waals surface area contributed by atoms with Crippen LogP contribution in [0.4, 0.5) is 10.1 Å². The lowest BCUT2D eigenvalue weighted by Gasteiger charge is -2.05. The second-order valence-electron chi connectivity index (χ2n) is 3.38. The zero-order valence-electron chi connectivity index (χ0n) is 9.13. The third kappa shape index (κ3) is 4.10. The average molecular weight is 242 g/mol. The van der Waals surface area contributed by atoms with Crippen LogP contribution in [0.1, 0.15) is 16.8 Å². The number of carbonyl (C=O) groups is 1. The van der Waals surface area contributed by atoms with Crippen molar-refractivity contribution in [1.82, 2.24) is 5.32 Å². The molecule has 0 bridgehead atoms. The van der Waals surface area contributed by atoms with E-state index in [9.17, 15) is 9.18 Å². The van der Waals surface area contributed by atoms with Gasteiger partial charge in [0.1, 0.15) is 5.82 Å². The molecule has 1 rings (SSSR count). The third-order valence-electron chi connectivity index (χ3n) is 1.99. The molecule has 0 aliphatic rings. The number of carbonyl (C=O) groups excluding carboxylic acids is 1. The van der Waals surface area contributed by atoms with Crippen LogP contribution in [0.3, 0.4) is 0 Å². The van der Waals surface area contributed by atoms with Crippen LogP contribution in [-0.2, 0) is 0 Å². The molecule has 0 aliphatic carbocycles. The molecule has 88 valence electrons. The lowest BCUT2D eigenvalue weighted by atomic mass is 10.2. The zero-order valence-corrected chi connectivity index (χ0v) is 9.94. The van der Waals surface area contributed by atoms with Gasteiger partial charge < -0.3 is 11.1 Å². The number of nitrogens with two attached hydrogens (primary N) is 1. The Morgan fingerprint density at radius 1 is 1.50 bits per heavy atom. The summed E-state index contributed by atoms with van der Waals surface area (Å²) in [6.45, 7) is 0.593. The number of anilines is 1. The third-order valence-corrected chi connectivity index (χ3v) is 2.69. The fraction of sp³-hybridized carbons (Fsp3) is 0.364. The van der Waals surface area contributed by atoms with Crippen molar-refractivity contribution in [3.05, 3.63) is 29.6 Å². The van der Waals surface area contributed by atoms with Crippen molar-refractivity contribution in [1.29, 1.82) is 0 Å². The van der Waals surface area contributed by atoms with Gasteiger partial charge in [0, 0.05) is 17.8 Å². The molecule has 0 atom stereocenters. The van der Waals surface area contributed by atoms with Gasteiger partial charge in [-0.15, -0.1) is 0 Å². The van der Waals surface area contributed by atoms with Crippen molar-refractivity contribution in [3.8, 4) is 0 Å². The molecule has 0 saturated carbocycles. The van der Waals surface area contributed by atoms with Gasteiger partial charge in [-0.3, -0.25) is 4.79 Å². The summed E-state index contributed by atoms with van der Waals surface area (Å²) >= 11 is 1.72. The number of hydrogen-bond donors (Lipinski definition) is 2. The van der Waals surface area contributed by atoms with E-state index in [4.69, 9.17) is 5.73 Å². The Morgan fingerprint density at radius 2 is 2.25 bits per heavy atom. The van der Waals surface area contributed by atoms with Gasteiger partial charge in [0.25, 0.3) is 5.91 Å². The highest BCUT2D eigenvalue weighted by Gasteiger charge is 2.07. The maximum atomic E-state index is 13.0. The molecule has 1 aromatic rings. The van der Waals surface area contributed by atoms with Gasteiger partial charge in [-0.1, -0.05) is 0 Å². The van der Waals surface area contributed by atoms with Crippen molar-refractivity contribution >= 4 is 23.4 Å². The second kappa shape index (κ2) is 6.37. The van der Waals surface area contributed by atoms with E-state index in [0.717, 1.165) is 12.2 Å². The van der Waals surface area contributed by atoms with Crippen LogP contribution in [0.15, 0.2) is 18.2 Å². The molecule has 0 saturated heterocycles. The van der Waals surface area contributed by atoms with Crippen LogP contribution in [0, 0.1) is 5.82 Å². The smallest absolute Gasteiger partial charge is 0.251 e. The van der Waals surface area contributed by atoms with Crippen molar-refractivity contribution in [3.63, 3.8) is 0 Å². The molecular formula is C11H15FN2OS. The van der Waals surface area contributed by atoms with Crippen LogP contribution in [0.5, 0.6) is 0 Å². The number of nitrogen functional groups attached to an aromatic ring is 1. The van der Waals surface area contributed by atoms with Gasteiger partial charge in [0.2, 0.25) is 0 Å². The molecule has 16 heavy (non-hydrogen) atoms. The number of benzene rings is 1. The summed E-state index contributed by atoms with van der Waals surface area (Å²) in [6.07, 6.45) is 2.91. The first-order valence-electron chi connectivity index (χ1n) is 4.96. The number of rotatable bonds is 5. The van der Waals surface area contributed by atoms with Crippen LogP contribution in [-0.4, -0.2) is 24.5 Å². The van der Waals surface area contributed by atoms with Crippen molar-refractivity contribution in [2.24, 2.45) is 0 Å².